The summed E-state index contributed by atoms with van der Waals surface area (Å²) < 4.78 is 0. The summed E-state index contributed by atoms with van der Waals surface area (Å²) in [6.07, 6.45) is 4.77. The third-order valence-electron chi connectivity index (χ3n) is 6.06. The topological polar surface area (TPSA) is 66.4 Å². The van der Waals surface area contributed by atoms with Crippen molar-refractivity contribution in [3.05, 3.63) is 70.3 Å². The van der Waals surface area contributed by atoms with Crippen LogP contribution in [0.1, 0.15) is 73.1 Å². The second kappa shape index (κ2) is 7.51. The van der Waals surface area contributed by atoms with E-state index in [1.165, 1.54) is 17.2 Å². The third-order valence-corrected chi connectivity index (χ3v) is 6.06. The highest BCUT2D eigenvalue weighted by Gasteiger charge is 2.37. The van der Waals surface area contributed by atoms with Crippen molar-refractivity contribution in [2.45, 2.75) is 58.3 Å². The van der Waals surface area contributed by atoms with Crippen molar-refractivity contribution >= 4 is 23.6 Å². The zero-order chi connectivity index (χ0) is 21.4. The summed E-state index contributed by atoms with van der Waals surface area (Å²) in [5.74, 6) is -1.21. The molecule has 2 N–H and O–H groups in total. The Morgan fingerprint density at radius 3 is 2.21 bits per heavy atom. The van der Waals surface area contributed by atoms with Gasteiger partial charge in [0.2, 0.25) is 0 Å². The highest BCUT2D eigenvalue weighted by Crippen LogP contribution is 2.46. The van der Waals surface area contributed by atoms with E-state index < -0.39 is 5.97 Å². The maximum atomic E-state index is 13.1. The predicted octanol–water partition coefficient (Wildman–Crippen LogP) is 5.69. The number of amides is 1. The number of rotatable bonds is 4. The minimum atomic E-state index is -1.03. The van der Waals surface area contributed by atoms with Crippen LogP contribution >= 0.6 is 0 Å². The van der Waals surface area contributed by atoms with Crippen LogP contribution in [0.15, 0.2) is 42.5 Å². The van der Waals surface area contributed by atoms with Gasteiger partial charge < -0.3 is 10.4 Å². The average Bonchev–Trinajstić information content (AvgIpc) is 2.64. The van der Waals surface area contributed by atoms with Crippen molar-refractivity contribution in [1.82, 2.24) is 0 Å². The van der Waals surface area contributed by atoms with Crippen LogP contribution in [0, 0.1) is 6.92 Å². The van der Waals surface area contributed by atoms with E-state index in [2.05, 4.69) is 45.1 Å². The Bertz CT molecular complexity index is 999. The molecule has 0 aliphatic heterocycles. The molecule has 0 spiro atoms. The molecule has 4 heteroatoms. The molecule has 0 heterocycles. The number of benzene rings is 2. The maximum Gasteiger partial charge on any atom is 0.328 e. The van der Waals surface area contributed by atoms with Crippen LogP contribution < -0.4 is 5.32 Å². The van der Waals surface area contributed by atoms with Gasteiger partial charge in [0.25, 0.3) is 5.91 Å². The number of hydrogen-bond acceptors (Lipinski definition) is 2. The van der Waals surface area contributed by atoms with Gasteiger partial charge in [-0.25, -0.2) is 4.79 Å². The average molecular weight is 392 g/mol. The molecule has 0 bridgehead atoms. The fraction of sp³-hybridized carbons (Fsp3) is 0.360. The first kappa shape index (κ1) is 20.8. The van der Waals surface area contributed by atoms with E-state index in [-0.39, 0.29) is 16.7 Å². The van der Waals surface area contributed by atoms with Gasteiger partial charge in [-0.2, -0.15) is 0 Å². The fourth-order valence-corrected chi connectivity index (χ4v) is 4.07. The minimum Gasteiger partial charge on any atom is -0.478 e. The van der Waals surface area contributed by atoms with Gasteiger partial charge in [-0.05, 0) is 71.1 Å². The first-order valence-corrected chi connectivity index (χ1v) is 9.98. The number of aliphatic carboxylic acids is 1. The van der Waals surface area contributed by atoms with Crippen molar-refractivity contribution in [3.63, 3.8) is 0 Å². The van der Waals surface area contributed by atoms with Gasteiger partial charge in [-0.1, -0.05) is 52.0 Å². The number of carbonyl (C=O) groups is 2. The minimum absolute atomic E-state index is 0.0235. The normalized spacial score (nSPS) is 17.0. The monoisotopic (exact) mass is 391 g/mol. The summed E-state index contributed by atoms with van der Waals surface area (Å²) in [6, 6.07) is 11.4. The largest absolute Gasteiger partial charge is 0.478 e. The Kier molecular flexibility index (Phi) is 5.40. The SMILES string of the molecule is Cc1cc2c(cc1C(=O)Nc1ccccc1/C=C/C(=O)O)C(C)(C)CCC2(C)C. The van der Waals surface area contributed by atoms with Crippen molar-refractivity contribution < 1.29 is 14.7 Å². The molecule has 0 fully saturated rings. The number of fused-ring (bicyclic) bond motifs is 1. The fourth-order valence-electron chi connectivity index (χ4n) is 4.07. The summed E-state index contributed by atoms with van der Waals surface area (Å²) in [5.41, 5.74) is 5.54. The first-order chi connectivity index (χ1) is 13.5. The Balaban J connectivity index is 1.99. The molecule has 1 amide bonds. The van der Waals surface area contributed by atoms with E-state index >= 15 is 0 Å². The number of anilines is 1. The van der Waals surface area contributed by atoms with E-state index in [4.69, 9.17) is 5.11 Å². The third kappa shape index (κ3) is 4.26. The van der Waals surface area contributed by atoms with E-state index in [1.807, 2.05) is 19.1 Å². The van der Waals surface area contributed by atoms with E-state index in [0.717, 1.165) is 24.5 Å². The molecule has 2 aromatic carbocycles. The van der Waals surface area contributed by atoms with Crippen LogP contribution in [-0.2, 0) is 15.6 Å². The van der Waals surface area contributed by atoms with Crippen molar-refractivity contribution in [1.29, 1.82) is 0 Å². The lowest BCUT2D eigenvalue weighted by Gasteiger charge is -2.42. The quantitative estimate of drug-likeness (QED) is 0.658. The molecule has 3 rings (SSSR count). The van der Waals surface area contributed by atoms with Crippen LogP contribution in [0.4, 0.5) is 5.69 Å². The van der Waals surface area contributed by atoms with Gasteiger partial charge >= 0.3 is 5.97 Å². The summed E-state index contributed by atoms with van der Waals surface area (Å²) in [5, 5.41) is 11.9. The van der Waals surface area contributed by atoms with Crippen LogP contribution in [0.2, 0.25) is 0 Å². The van der Waals surface area contributed by atoms with Crippen LogP contribution in [0.5, 0.6) is 0 Å². The molecule has 4 nitrogen and oxygen atoms in total. The van der Waals surface area contributed by atoms with Crippen LogP contribution in [0.3, 0.4) is 0 Å². The van der Waals surface area contributed by atoms with Crippen molar-refractivity contribution in [3.8, 4) is 0 Å². The molecule has 0 aromatic heterocycles. The van der Waals surface area contributed by atoms with Crippen LogP contribution in [-0.4, -0.2) is 17.0 Å². The summed E-state index contributed by atoms with van der Waals surface area (Å²) in [6.45, 7) is 11.0. The first-order valence-electron chi connectivity index (χ1n) is 9.98. The predicted molar refractivity (Wildman–Crippen MR) is 118 cm³/mol. The van der Waals surface area contributed by atoms with Gasteiger partial charge in [0, 0.05) is 17.3 Å². The molecule has 0 radical (unpaired) electrons. The smallest absolute Gasteiger partial charge is 0.328 e. The van der Waals surface area contributed by atoms with Gasteiger partial charge in [-0.3, -0.25) is 4.79 Å². The number of hydrogen-bond donors (Lipinski definition) is 2. The number of carboxylic acids is 1. The molecule has 1 aliphatic carbocycles. The molecular formula is C25H29NO3. The molecule has 29 heavy (non-hydrogen) atoms. The zero-order valence-electron chi connectivity index (χ0n) is 17.8. The Morgan fingerprint density at radius 1 is 1.00 bits per heavy atom. The van der Waals surface area contributed by atoms with E-state index in [9.17, 15) is 9.59 Å². The number of aryl methyl sites for hydroxylation is 1. The standard InChI is InChI=1S/C25H29NO3/c1-16-14-19-20(25(4,5)13-12-24(19,2)3)15-18(16)23(29)26-21-9-7-6-8-17(21)10-11-22(27)28/h6-11,14-15H,12-13H2,1-5H3,(H,26,29)(H,27,28)/b11-10+. The number of para-hydroxylation sites is 1. The number of carboxylic acid groups (broad SMARTS) is 1. The molecule has 152 valence electrons. The summed E-state index contributed by atoms with van der Waals surface area (Å²) in [7, 11) is 0. The highest BCUT2D eigenvalue weighted by atomic mass is 16.4. The van der Waals surface area contributed by atoms with Gasteiger partial charge in [0.1, 0.15) is 0 Å². The highest BCUT2D eigenvalue weighted by molar-refractivity contribution is 6.06. The number of nitrogens with one attached hydrogen (secondary N) is 1. The molecule has 0 unspecified atom stereocenters. The Morgan fingerprint density at radius 2 is 1.59 bits per heavy atom. The van der Waals surface area contributed by atoms with Gasteiger partial charge in [0.05, 0.1) is 0 Å². The Labute approximate surface area is 172 Å². The van der Waals surface area contributed by atoms with Gasteiger partial charge in [0.15, 0.2) is 0 Å². The van der Waals surface area contributed by atoms with E-state index in [1.54, 1.807) is 12.1 Å². The van der Waals surface area contributed by atoms with Crippen molar-refractivity contribution in [2.75, 3.05) is 5.32 Å². The van der Waals surface area contributed by atoms with Crippen LogP contribution in [0.25, 0.3) is 6.08 Å². The molecule has 0 atom stereocenters. The summed E-state index contributed by atoms with van der Waals surface area (Å²) in [4.78, 5) is 24.0. The molecule has 0 saturated heterocycles. The maximum absolute atomic E-state index is 13.1. The Hall–Kier alpha value is -2.88. The lowest BCUT2D eigenvalue weighted by molar-refractivity contribution is -0.131. The number of carbonyl (C=O) groups excluding carboxylic acids is 1. The molecule has 2 aromatic rings. The molecular weight excluding hydrogens is 362 g/mol. The lowest BCUT2D eigenvalue weighted by atomic mass is 9.62. The molecule has 0 saturated carbocycles. The second-order valence-corrected chi connectivity index (χ2v) is 9.19. The van der Waals surface area contributed by atoms with E-state index in [0.29, 0.717) is 16.8 Å². The van der Waals surface area contributed by atoms with Crippen molar-refractivity contribution in [2.24, 2.45) is 0 Å². The lowest BCUT2D eigenvalue weighted by Crippen LogP contribution is -2.34. The van der Waals surface area contributed by atoms with Gasteiger partial charge in [-0.15, -0.1) is 0 Å². The second-order valence-electron chi connectivity index (χ2n) is 9.19. The zero-order valence-corrected chi connectivity index (χ0v) is 17.8. The molecule has 1 aliphatic rings. The summed E-state index contributed by atoms with van der Waals surface area (Å²) >= 11 is 0.